The molecule has 0 spiro atoms. The fraction of sp³-hybridized carbons (Fsp3) is 0.143. The van der Waals surface area contributed by atoms with Gasteiger partial charge < -0.3 is 0 Å². The van der Waals surface area contributed by atoms with Crippen LogP contribution in [0.1, 0.15) is 5.56 Å². The van der Waals surface area contributed by atoms with Gasteiger partial charge in [0, 0.05) is 18.9 Å². The maximum atomic E-state index is 9.04. The molecule has 0 saturated carbocycles. The van der Waals surface area contributed by atoms with E-state index in [2.05, 4.69) is 17.2 Å². The maximum Gasteiger partial charge on any atom is 0.184 e. The van der Waals surface area contributed by atoms with Gasteiger partial charge in [0.05, 0.1) is 5.69 Å². The van der Waals surface area contributed by atoms with E-state index >= 15 is 0 Å². The molecular formula is C14H11N3. The first-order valence-electron chi connectivity index (χ1n) is 5.60. The molecule has 1 aromatic carbocycles. The Morgan fingerprint density at radius 2 is 2.00 bits per heavy atom. The van der Waals surface area contributed by atoms with Crippen molar-refractivity contribution in [3.8, 4) is 17.3 Å². The zero-order chi connectivity index (χ0) is 11.7. The zero-order valence-corrected chi connectivity index (χ0v) is 9.30. The predicted octanol–water partition coefficient (Wildman–Crippen LogP) is 2.59. The largest absolute Gasteiger partial charge is 0.279 e. The summed E-state index contributed by atoms with van der Waals surface area (Å²) in [5.74, 6) is 0. The monoisotopic (exact) mass is 221 g/mol. The second-order valence-electron chi connectivity index (χ2n) is 4.04. The van der Waals surface area contributed by atoms with Crippen LogP contribution in [0.2, 0.25) is 0 Å². The second kappa shape index (κ2) is 3.91. The van der Waals surface area contributed by atoms with Crippen LogP contribution in [0.5, 0.6) is 0 Å². The first kappa shape index (κ1) is 9.86. The highest BCUT2D eigenvalue weighted by molar-refractivity contribution is 5.77. The predicted molar refractivity (Wildman–Crippen MR) is 66.3 cm³/mol. The molecule has 2 aromatic rings. The van der Waals surface area contributed by atoms with Gasteiger partial charge in [-0.3, -0.25) is 9.88 Å². The third-order valence-corrected chi connectivity index (χ3v) is 3.14. The van der Waals surface area contributed by atoms with Crippen molar-refractivity contribution in [3.63, 3.8) is 0 Å². The van der Waals surface area contributed by atoms with Gasteiger partial charge in [0.15, 0.2) is 6.19 Å². The van der Waals surface area contributed by atoms with Gasteiger partial charge in [-0.15, -0.1) is 0 Å². The number of benzene rings is 1. The third-order valence-electron chi connectivity index (χ3n) is 3.14. The molecule has 1 aromatic heterocycles. The van der Waals surface area contributed by atoms with Crippen LogP contribution >= 0.6 is 0 Å². The van der Waals surface area contributed by atoms with E-state index in [1.165, 1.54) is 11.1 Å². The minimum absolute atomic E-state index is 0.786. The summed E-state index contributed by atoms with van der Waals surface area (Å²) < 4.78 is 0. The summed E-state index contributed by atoms with van der Waals surface area (Å²) in [6, 6.07) is 10.1. The van der Waals surface area contributed by atoms with Crippen molar-refractivity contribution in [1.82, 2.24) is 4.98 Å². The van der Waals surface area contributed by atoms with Gasteiger partial charge in [0.25, 0.3) is 0 Å². The normalized spacial score (nSPS) is 13.2. The Balaban J connectivity index is 2.16. The van der Waals surface area contributed by atoms with Crippen LogP contribution in [0.15, 0.2) is 42.7 Å². The van der Waals surface area contributed by atoms with E-state index in [0.29, 0.717) is 0 Å². The van der Waals surface area contributed by atoms with Gasteiger partial charge >= 0.3 is 0 Å². The van der Waals surface area contributed by atoms with E-state index in [0.717, 1.165) is 24.2 Å². The molecule has 0 saturated heterocycles. The second-order valence-corrected chi connectivity index (χ2v) is 4.04. The number of aromatic nitrogens is 1. The maximum absolute atomic E-state index is 9.04. The fourth-order valence-electron chi connectivity index (χ4n) is 2.34. The molecule has 0 fully saturated rings. The fourth-order valence-corrected chi connectivity index (χ4v) is 2.34. The van der Waals surface area contributed by atoms with Crippen molar-refractivity contribution >= 4 is 5.69 Å². The molecule has 0 bridgehead atoms. The lowest BCUT2D eigenvalue weighted by molar-refractivity contribution is 1.00. The number of nitrogens with zero attached hydrogens (tertiary/aromatic N) is 3. The number of hydrogen-bond acceptors (Lipinski definition) is 3. The Kier molecular flexibility index (Phi) is 2.27. The highest BCUT2D eigenvalue weighted by Crippen LogP contribution is 2.35. The molecule has 0 aliphatic carbocycles. The van der Waals surface area contributed by atoms with E-state index in [1.807, 2.05) is 24.3 Å². The molecule has 0 radical (unpaired) electrons. The van der Waals surface area contributed by atoms with Crippen molar-refractivity contribution in [3.05, 3.63) is 48.3 Å². The number of hydrogen-bond donors (Lipinski definition) is 0. The molecule has 3 nitrogen and oxygen atoms in total. The van der Waals surface area contributed by atoms with E-state index < -0.39 is 0 Å². The Morgan fingerprint density at radius 1 is 1.18 bits per heavy atom. The van der Waals surface area contributed by atoms with Crippen LogP contribution in [0, 0.1) is 11.5 Å². The summed E-state index contributed by atoms with van der Waals surface area (Å²) in [5, 5.41) is 9.04. The van der Waals surface area contributed by atoms with Crippen LogP contribution in [-0.4, -0.2) is 11.5 Å². The van der Waals surface area contributed by atoms with Gasteiger partial charge in [-0.1, -0.05) is 12.1 Å². The summed E-state index contributed by atoms with van der Waals surface area (Å²) in [5.41, 5.74) is 4.68. The van der Waals surface area contributed by atoms with Gasteiger partial charge in [-0.25, -0.2) is 0 Å². The summed E-state index contributed by atoms with van der Waals surface area (Å²) >= 11 is 0. The molecule has 0 unspecified atom stereocenters. The van der Waals surface area contributed by atoms with Crippen LogP contribution in [0.4, 0.5) is 5.69 Å². The number of anilines is 1. The molecule has 0 atom stereocenters. The molecule has 2 heterocycles. The third kappa shape index (κ3) is 1.55. The van der Waals surface area contributed by atoms with Gasteiger partial charge in [-0.2, -0.15) is 5.26 Å². The van der Waals surface area contributed by atoms with Crippen molar-refractivity contribution < 1.29 is 0 Å². The molecule has 3 rings (SSSR count). The Labute approximate surface area is 99.9 Å². The average Bonchev–Trinajstić information content (AvgIpc) is 2.82. The Hall–Kier alpha value is -2.34. The average molecular weight is 221 g/mol. The van der Waals surface area contributed by atoms with Crippen molar-refractivity contribution in [1.29, 1.82) is 5.26 Å². The number of fused-ring (bicyclic) bond motifs is 1. The topological polar surface area (TPSA) is 39.9 Å². The first-order valence-corrected chi connectivity index (χ1v) is 5.60. The highest BCUT2D eigenvalue weighted by Gasteiger charge is 2.21. The van der Waals surface area contributed by atoms with Gasteiger partial charge in [0.1, 0.15) is 0 Å². The number of pyridine rings is 1. The lowest BCUT2D eigenvalue weighted by atomic mass is 9.99. The van der Waals surface area contributed by atoms with Crippen molar-refractivity contribution in [2.45, 2.75) is 6.42 Å². The SMILES string of the molecule is N#CN1CCc2c(-c3ccncc3)cccc21. The van der Waals surface area contributed by atoms with Crippen LogP contribution < -0.4 is 4.90 Å². The van der Waals surface area contributed by atoms with Crippen molar-refractivity contribution in [2.75, 3.05) is 11.4 Å². The first-order chi connectivity index (χ1) is 8.40. The van der Waals surface area contributed by atoms with E-state index in [9.17, 15) is 0 Å². The summed E-state index contributed by atoms with van der Waals surface area (Å²) in [7, 11) is 0. The van der Waals surface area contributed by atoms with E-state index in [-0.39, 0.29) is 0 Å². The minimum atomic E-state index is 0.786. The number of nitriles is 1. The van der Waals surface area contributed by atoms with Gasteiger partial charge in [-0.05, 0) is 41.3 Å². The lowest BCUT2D eigenvalue weighted by Gasteiger charge is -2.10. The Bertz CT molecular complexity index is 584. The molecule has 1 aliphatic heterocycles. The molecule has 3 heteroatoms. The van der Waals surface area contributed by atoms with Crippen LogP contribution in [-0.2, 0) is 6.42 Å². The standard InChI is InChI=1S/C14H11N3/c15-10-17-9-6-13-12(2-1-3-14(13)17)11-4-7-16-8-5-11/h1-5,7-8H,6,9H2. The zero-order valence-electron chi connectivity index (χ0n) is 9.30. The van der Waals surface area contributed by atoms with Gasteiger partial charge in [0.2, 0.25) is 0 Å². The summed E-state index contributed by atoms with van der Waals surface area (Å²) in [6.07, 6.45) is 6.75. The molecule has 82 valence electrons. The molecule has 17 heavy (non-hydrogen) atoms. The highest BCUT2D eigenvalue weighted by atomic mass is 15.1. The van der Waals surface area contributed by atoms with E-state index in [4.69, 9.17) is 5.26 Å². The smallest absolute Gasteiger partial charge is 0.184 e. The van der Waals surface area contributed by atoms with Crippen LogP contribution in [0.25, 0.3) is 11.1 Å². The molecular weight excluding hydrogens is 210 g/mol. The summed E-state index contributed by atoms with van der Waals surface area (Å²) in [6.45, 7) is 0.786. The summed E-state index contributed by atoms with van der Waals surface area (Å²) in [4.78, 5) is 5.78. The van der Waals surface area contributed by atoms with E-state index in [1.54, 1.807) is 17.3 Å². The quantitative estimate of drug-likeness (QED) is 0.695. The minimum Gasteiger partial charge on any atom is -0.279 e. The molecule has 0 amide bonds. The van der Waals surface area contributed by atoms with Crippen LogP contribution in [0.3, 0.4) is 0 Å². The van der Waals surface area contributed by atoms with Crippen molar-refractivity contribution in [2.24, 2.45) is 0 Å². The molecule has 1 aliphatic rings. The Morgan fingerprint density at radius 3 is 2.76 bits per heavy atom. The number of rotatable bonds is 1. The molecule has 0 N–H and O–H groups in total. The lowest BCUT2D eigenvalue weighted by Crippen LogP contribution is -2.11.